The lowest BCUT2D eigenvalue weighted by Gasteiger charge is -2.30. The zero-order valence-electron chi connectivity index (χ0n) is 32.5. The first kappa shape index (κ1) is 32.6. The van der Waals surface area contributed by atoms with Crippen molar-refractivity contribution in [1.82, 2.24) is 0 Å². The van der Waals surface area contributed by atoms with E-state index in [1.165, 1.54) is 130 Å². The van der Waals surface area contributed by atoms with Crippen LogP contribution in [-0.2, 0) is 5.41 Å². The first-order chi connectivity index (χ1) is 29.8. The van der Waals surface area contributed by atoms with Gasteiger partial charge in [-0.3, -0.25) is 0 Å². The largest absolute Gasteiger partial charge is 0.135 e. The number of hydrogen-bond donors (Lipinski definition) is 0. The highest BCUT2D eigenvalue weighted by molar-refractivity contribution is 7.26. The molecule has 0 aliphatic heterocycles. The van der Waals surface area contributed by atoms with E-state index in [1.807, 2.05) is 11.3 Å². The second-order valence-corrected chi connectivity index (χ2v) is 17.7. The number of hydrogen-bond acceptors (Lipinski definition) is 1. The van der Waals surface area contributed by atoms with Crippen molar-refractivity contribution < 1.29 is 0 Å². The van der Waals surface area contributed by atoms with Crippen molar-refractivity contribution in [2.24, 2.45) is 0 Å². The van der Waals surface area contributed by atoms with Gasteiger partial charge in [0.1, 0.15) is 0 Å². The van der Waals surface area contributed by atoms with Crippen molar-refractivity contribution in [2.45, 2.75) is 5.41 Å². The molecule has 0 radical (unpaired) electrons. The lowest BCUT2D eigenvalue weighted by Crippen LogP contribution is -2.25. The second-order valence-electron chi connectivity index (χ2n) is 16.7. The Morgan fingerprint density at radius 3 is 1.53 bits per heavy atom. The van der Waals surface area contributed by atoms with Crippen molar-refractivity contribution in [3.05, 3.63) is 229 Å². The summed E-state index contributed by atoms with van der Waals surface area (Å²) in [6, 6.07) is 78.1. The van der Waals surface area contributed by atoms with Gasteiger partial charge in [-0.05, 0) is 135 Å². The molecule has 14 rings (SSSR count). The van der Waals surface area contributed by atoms with E-state index in [4.69, 9.17) is 0 Å². The van der Waals surface area contributed by atoms with Gasteiger partial charge >= 0.3 is 0 Å². The lowest BCUT2D eigenvalue weighted by molar-refractivity contribution is 0.795. The van der Waals surface area contributed by atoms with Gasteiger partial charge in [0.15, 0.2) is 0 Å². The van der Waals surface area contributed by atoms with Gasteiger partial charge in [0.25, 0.3) is 0 Å². The zero-order valence-corrected chi connectivity index (χ0v) is 33.4. The molecule has 0 saturated carbocycles. The minimum atomic E-state index is -0.438. The molecule has 0 fully saturated rings. The molecule has 1 aromatic heterocycles. The Balaban J connectivity index is 1.07. The lowest BCUT2D eigenvalue weighted by atomic mass is 9.70. The monoisotopic (exact) mass is 774 g/mol. The predicted molar refractivity (Wildman–Crippen MR) is 257 cm³/mol. The Bertz CT molecular complexity index is 3800. The fourth-order valence-corrected chi connectivity index (χ4v) is 12.6. The molecule has 1 spiro atoms. The van der Waals surface area contributed by atoms with Crippen LogP contribution in [0.3, 0.4) is 0 Å². The molecule has 0 unspecified atom stereocenters. The topological polar surface area (TPSA) is 0 Å². The van der Waals surface area contributed by atoms with Crippen LogP contribution in [0.4, 0.5) is 0 Å². The van der Waals surface area contributed by atoms with Gasteiger partial charge in [-0.25, -0.2) is 0 Å². The highest BCUT2D eigenvalue weighted by Crippen LogP contribution is 2.65. The van der Waals surface area contributed by atoms with Gasteiger partial charge < -0.3 is 0 Å². The van der Waals surface area contributed by atoms with Crippen molar-refractivity contribution >= 4 is 74.6 Å². The van der Waals surface area contributed by atoms with E-state index in [-0.39, 0.29) is 0 Å². The molecule has 0 saturated heterocycles. The van der Waals surface area contributed by atoms with Crippen LogP contribution in [0.1, 0.15) is 22.3 Å². The Morgan fingerprint density at radius 1 is 0.283 bits per heavy atom. The third-order valence-electron chi connectivity index (χ3n) is 13.8. The summed E-state index contributed by atoms with van der Waals surface area (Å²) in [5.41, 5.74) is 15.5. The second kappa shape index (κ2) is 11.9. The Hall–Kier alpha value is -7.32. The number of thiophene rings is 1. The minimum Gasteiger partial charge on any atom is -0.135 e. The van der Waals surface area contributed by atoms with E-state index < -0.39 is 5.41 Å². The molecular formula is C59H34S. The third-order valence-corrected chi connectivity index (χ3v) is 15.1. The molecule has 60 heavy (non-hydrogen) atoms. The van der Waals surface area contributed by atoms with Crippen LogP contribution < -0.4 is 0 Å². The molecule has 0 bridgehead atoms. The summed E-state index contributed by atoms with van der Waals surface area (Å²) in [6.45, 7) is 0. The Kier molecular flexibility index (Phi) is 6.46. The molecule has 0 atom stereocenters. The number of fused-ring (bicyclic) bond motifs is 20. The van der Waals surface area contributed by atoms with Crippen LogP contribution in [0, 0.1) is 0 Å². The van der Waals surface area contributed by atoms with Gasteiger partial charge in [-0.2, -0.15) is 0 Å². The summed E-state index contributed by atoms with van der Waals surface area (Å²) in [5, 5.41) is 12.9. The summed E-state index contributed by atoms with van der Waals surface area (Å²) in [5.74, 6) is 0. The van der Waals surface area contributed by atoms with Crippen LogP contribution >= 0.6 is 11.3 Å². The Labute approximate surface area is 351 Å². The first-order valence-electron chi connectivity index (χ1n) is 20.9. The molecule has 0 amide bonds. The summed E-state index contributed by atoms with van der Waals surface area (Å²) in [4.78, 5) is 0. The normalized spacial score (nSPS) is 13.5. The van der Waals surface area contributed by atoms with Crippen LogP contribution in [-0.4, -0.2) is 0 Å². The van der Waals surface area contributed by atoms with Crippen molar-refractivity contribution in [2.75, 3.05) is 0 Å². The third kappa shape index (κ3) is 4.15. The average molecular weight is 775 g/mol. The molecule has 1 heterocycles. The average Bonchev–Trinajstić information content (AvgIpc) is 3.95. The SMILES string of the molecule is c1ccc2c(c1)-c1ccccc1C21c2cc(-c3cc4c5ccccc5c(-c5ccc6ccccc6c5)cc4c4ccccc34)ccc2-c2c1ccc1c2sc2ccccc21. The van der Waals surface area contributed by atoms with E-state index in [1.54, 1.807) is 0 Å². The van der Waals surface area contributed by atoms with Gasteiger partial charge in [0, 0.05) is 25.7 Å². The van der Waals surface area contributed by atoms with Crippen molar-refractivity contribution in [3.8, 4) is 44.5 Å². The van der Waals surface area contributed by atoms with E-state index in [0.717, 1.165) is 0 Å². The van der Waals surface area contributed by atoms with Crippen molar-refractivity contribution in [3.63, 3.8) is 0 Å². The number of rotatable bonds is 2. The molecule has 12 aromatic rings. The summed E-state index contributed by atoms with van der Waals surface area (Å²) in [7, 11) is 0. The quantitative estimate of drug-likeness (QED) is 0.153. The van der Waals surface area contributed by atoms with Crippen LogP contribution in [0.15, 0.2) is 206 Å². The van der Waals surface area contributed by atoms with Crippen LogP contribution in [0.25, 0.3) is 108 Å². The maximum atomic E-state index is 2.56. The summed E-state index contributed by atoms with van der Waals surface area (Å²) in [6.07, 6.45) is 0. The van der Waals surface area contributed by atoms with Gasteiger partial charge in [-0.1, -0.05) is 176 Å². The molecule has 1 heteroatoms. The fraction of sp³-hybridized carbons (Fsp3) is 0.0169. The van der Waals surface area contributed by atoms with E-state index in [2.05, 4.69) is 206 Å². The maximum Gasteiger partial charge on any atom is 0.0726 e. The molecule has 2 aliphatic rings. The fourth-order valence-electron chi connectivity index (χ4n) is 11.4. The molecule has 2 aliphatic carbocycles. The molecule has 0 N–H and O–H groups in total. The van der Waals surface area contributed by atoms with E-state index in [0.29, 0.717) is 0 Å². The van der Waals surface area contributed by atoms with E-state index >= 15 is 0 Å². The van der Waals surface area contributed by atoms with Crippen LogP contribution in [0.5, 0.6) is 0 Å². The summed E-state index contributed by atoms with van der Waals surface area (Å²) < 4.78 is 2.72. The maximum absolute atomic E-state index is 2.56. The van der Waals surface area contributed by atoms with Gasteiger partial charge in [0.05, 0.1) is 5.41 Å². The standard InChI is InChI=1S/C59H34S/c1-2-14-36-31-37(26-25-35(36)13-1)48-33-50-42-18-6-4-16-40(42)49(34-51(50)41-17-5-3-15-39(41)48)38-27-28-47-55(32-38)59(52-22-10-7-19-43(52)44-20-8-11-23-53(44)59)54-30-29-46-45-21-9-12-24-56(45)60-58(46)57(47)54/h1-34H. The number of benzene rings is 11. The van der Waals surface area contributed by atoms with Crippen molar-refractivity contribution in [1.29, 1.82) is 0 Å². The highest BCUT2D eigenvalue weighted by Gasteiger charge is 2.52. The minimum absolute atomic E-state index is 0.438. The van der Waals surface area contributed by atoms with Gasteiger partial charge in [0.2, 0.25) is 0 Å². The smallest absolute Gasteiger partial charge is 0.0726 e. The molecule has 11 aromatic carbocycles. The van der Waals surface area contributed by atoms with E-state index in [9.17, 15) is 0 Å². The first-order valence-corrected chi connectivity index (χ1v) is 21.7. The molecule has 276 valence electrons. The summed E-state index contributed by atoms with van der Waals surface area (Å²) >= 11 is 1.94. The zero-order chi connectivity index (χ0) is 39.1. The molecule has 0 nitrogen and oxygen atoms in total. The van der Waals surface area contributed by atoms with Gasteiger partial charge in [-0.15, -0.1) is 11.3 Å². The molecular weight excluding hydrogens is 741 g/mol. The van der Waals surface area contributed by atoms with Crippen LogP contribution in [0.2, 0.25) is 0 Å². The predicted octanol–water partition coefficient (Wildman–Crippen LogP) is 16.3. The Morgan fingerprint density at radius 2 is 0.833 bits per heavy atom. The highest BCUT2D eigenvalue weighted by atomic mass is 32.1.